The van der Waals surface area contributed by atoms with Crippen LogP contribution in [0.25, 0.3) is 0 Å². The second-order valence-electron chi connectivity index (χ2n) is 5.45. The van der Waals surface area contributed by atoms with Gasteiger partial charge >= 0.3 is 5.97 Å². The molecule has 1 saturated heterocycles. The fraction of sp³-hybridized carbons (Fsp3) is 0.846. The van der Waals surface area contributed by atoms with Gasteiger partial charge in [-0.3, -0.25) is 9.59 Å². The van der Waals surface area contributed by atoms with E-state index in [1.54, 1.807) is 7.11 Å². The van der Waals surface area contributed by atoms with Crippen molar-refractivity contribution in [3.05, 3.63) is 0 Å². The maximum Gasteiger partial charge on any atom is 0.306 e. The number of ether oxygens (including phenoxy) is 1. The summed E-state index contributed by atoms with van der Waals surface area (Å²) in [5.74, 6) is -0.945. The van der Waals surface area contributed by atoms with E-state index < -0.39 is 5.97 Å². The summed E-state index contributed by atoms with van der Waals surface area (Å²) in [6, 6.07) is -0.0614. The van der Waals surface area contributed by atoms with Crippen molar-refractivity contribution in [2.45, 2.75) is 50.3 Å². The van der Waals surface area contributed by atoms with Crippen molar-refractivity contribution < 1.29 is 19.4 Å². The van der Waals surface area contributed by atoms with Gasteiger partial charge in [0.1, 0.15) is 0 Å². The summed E-state index contributed by atoms with van der Waals surface area (Å²) in [5, 5.41) is 15.1. The van der Waals surface area contributed by atoms with Crippen molar-refractivity contribution in [1.82, 2.24) is 10.6 Å². The summed E-state index contributed by atoms with van der Waals surface area (Å²) < 4.78 is 5.21. The second-order valence-corrected chi connectivity index (χ2v) is 5.45. The fourth-order valence-electron chi connectivity index (χ4n) is 2.87. The lowest BCUT2D eigenvalue weighted by Crippen LogP contribution is -2.46. The first kappa shape index (κ1) is 14.3. The molecule has 1 heterocycles. The van der Waals surface area contributed by atoms with E-state index in [-0.39, 0.29) is 30.0 Å². The predicted octanol–water partition coefficient (Wildman–Crippen LogP) is 0.123. The highest BCUT2D eigenvalue weighted by Gasteiger charge is 2.32. The Morgan fingerprint density at radius 3 is 2.47 bits per heavy atom. The third kappa shape index (κ3) is 3.67. The van der Waals surface area contributed by atoms with Gasteiger partial charge in [0.2, 0.25) is 5.91 Å². The molecule has 2 atom stereocenters. The van der Waals surface area contributed by atoms with Gasteiger partial charge < -0.3 is 20.5 Å². The Bertz CT molecular complexity index is 340. The zero-order chi connectivity index (χ0) is 13.8. The van der Waals surface area contributed by atoms with Crippen LogP contribution in [0.2, 0.25) is 0 Å². The number of methoxy groups -OCH3 is 1. The highest BCUT2D eigenvalue weighted by Crippen LogP contribution is 2.24. The lowest BCUT2D eigenvalue weighted by Gasteiger charge is -2.27. The molecule has 0 spiro atoms. The van der Waals surface area contributed by atoms with Crippen LogP contribution in [-0.2, 0) is 14.3 Å². The lowest BCUT2D eigenvalue weighted by atomic mass is 9.86. The zero-order valence-electron chi connectivity index (χ0n) is 11.2. The van der Waals surface area contributed by atoms with Crippen molar-refractivity contribution in [1.29, 1.82) is 0 Å². The number of rotatable bonds is 4. The molecule has 108 valence electrons. The average molecular weight is 270 g/mol. The average Bonchev–Trinajstić information content (AvgIpc) is 2.88. The van der Waals surface area contributed by atoms with Gasteiger partial charge in [-0.15, -0.1) is 0 Å². The molecule has 0 aromatic heterocycles. The molecule has 6 heteroatoms. The molecule has 0 bridgehead atoms. The van der Waals surface area contributed by atoms with Gasteiger partial charge in [0, 0.05) is 19.7 Å². The van der Waals surface area contributed by atoms with Crippen molar-refractivity contribution in [2.75, 3.05) is 13.7 Å². The number of carbonyl (C=O) groups excluding carboxylic acids is 1. The molecule has 1 aliphatic heterocycles. The summed E-state index contributed by atoms with van der Waals surface area (Å²) in [5.41, 5.74) is 0. The summed E-state index contributed by atoms with van der Waals surface area (Å²) in [6.45, 7) is 0.709. The molecule has 0 aromatic rings. The van der Waals surface area contributed by atoms with E-state index in [0.717, 1.165) is 12.8 Å². The van der Waals surface area contributed by atoms with Gasteiger partial charge in [-0.25, -0.2) is 0 Å². The topological polar surface area (TPSA) is 87.7 Å². The van der Waals surface area contributed by atoms with Crippen LogP contribution in [-0.4, -0.2) is 48.8 Å². The van der Waals surface area contributed by atoms with Crippen LogP contribution in [0.4, 0.5) is 0 Å². The van der Waals surface area contributed by atoms with Gasteiger partial charge in [0.15, 0.2) is 0 Å². The van der Waals surface area contributed by atoms with Gasteiger partial charge in [-0.2, -0.15) is 0 Å². The molecule has 1 saturated carbocycles. The van der Waals surface area contributed by atoms with E-state index >= 15 is 0 Å². The fourth-order valence-corrected chi connectivity index (χ4v) is 2.87. The highest BCUT2D eigenvalue weighted by molar-refractivity contribution is 5.82. The molecule has 3 N–H and O–H groups in total. The standard InChI is InChI=1S/C13H22N2O4/c1-19-10-6-11(14-7-10)12(16)15-9-4-2-8(3-5-9)13(17)18/h8-11,14H,2-7H2,1H3,(H,15,16)(H,17,18). The van der Waals surface area contributed by atoms with Crippen LogP contribution in [0.15, 0.2) is 0 Å². The Labute approximate surface area is 112 Å². The smallest absolute Gasteiger partial charge is 0.306 e. The van der Waals surface area contributed by atoms with Crippen molar-refractivity contribution in [3.63, 3.8) is 0 Å². The SMILES string of the molecule is COC1CNC(C(=O)NC2CCC(C(=O)O)CC2)C1. The van der Waals surface area contributed by atoms with Gasteiger partial charge in [-0.1, -0.05) is 0 Å². The molecule has 0 aromatic carbocycles. The summed E-state index contributed by atoms with van der Waals surface area (Å²) >= 11 is 0. The van der Waals surface area contributed by atoms with E-state index in [1.807, 2.05) is 0 Å². The third-order valence-corrected chi connectivity index (χ3v) is 4.16. The number of carbonyl (C=O) groups is 2. The first-order valence-electron chi connectivity index (χ1n) is 6.89. The first-order valence-corrected chi connectivity index (χ1v) is 6.89. The zero-order valence-corrected chi connectivity index (χ0v) is 11.2. The largest absolute Gasteiger partial charge is 0.481 e. The molecule has 6 nitrogen and oxygen atoms in total. The van der Waals surface area contributed by atoms with Crippen LogP contribution < -0.4 is 10.6 Å². The molecular weight excluding hydrogens is 248 g/mol. The van der Waals surface area contributed by atoms with Gasteiger partial charge in [0.05, 0.1) is 18.1 Å². The molecule has 2 fully saturated rings. The number of aliphatic carboxylic acids is 1. The minimum absolute atomic E-state index is 0.0123. The van der Waals surface area contributed by atoms with Crippen LogP contribution >= 0.6 is 0 Å². The molecule has 1 aliphatic carbocycles. The molecule has 19 heavy (non-hydrogen) atoms. The summed E-state index contributed by atoms with van der Waals surface area (Å²) in [4.78, 5) is 22.9. The predicted molar refractivity (Wildman–Crippen MR) is 68.7 cm³/mol. The molecular formula is C13H22N2O4. The summed E-state index contributed by atoms with van der Waals surface area (Å²) in [6.07, 6.45) is 3.62. The van der Waals surface area contributed by atoms with Crippen LogP contribution in [0.1, 0.15) is 32.1 Å². The molecule has 2 unspecified atom stereocenters. The van der Waals surface area contributed by atoms with Gasteiger partial charge in [0.25, 0.3) is 0 Å². The Balaban J connectivity index is 1.73. The third-order valence-electron chi connectivity index (χ3n) is 4.16. The quantitative estimate of drug-likeness (QED) is 0.675. The van der Waals surface area contributed by atoms with Crippen molar-refractivity contribution in [2.24, 2.45) is 5.92 Å². The maximum absolute atomic E-state index is 12.0. The monoisotopic (exact) mass is 270 g/mol. The number of hydrogen-bond donors (Lipinski definition) is 3. The molecule has 2 aliphatic rings. The number of carboxylic acids is 1. The molecule has 0 radical (unpaired) electrons. The highest BCUT2D eigenvalue weighted by atomic mass is 16.5. The number of amides is 1. The van der Waals surface area contributed by atoms with E-state index in [0.29, 0.717) is 25.8 Å². The Morgan fingerprint density at radius 2 is 1.95 bits per heavy atom. The Kier molecular flexibility index (Phi) is 4.76. The Hall–Kier alpha value is -1.14. The first-order chi connectivity index (χ1) is 9.10. The number of hydrogen-bond acceptors (Lipinski definition) is 4. The van der Waals surface area contributed by atoms with Gasteiger partial charge in [-0.05, 0) is 32.1 Å². The summed E-state index contributed by atoms with van der Waals surface area (Å²) in [7, 11) is 1.65. The molecule has 2 rings (SSSR count). The minimum Gasteiger partial charge on any atom is -0.481 e. The van der Waals surface area contributed by atoms with Crippen LogP contribution in [0.3, 0.4) is 0 Å². The number of carboxylic acid groups (broad SMARTS) is 1. The minimum atomic E-state index is -0.717. The lowest BCUT2D eigenvalue weighted by molar-refractivity contribution is -0.142. The van der Waals surface area contributed by atoms with Crippen LogP contribution in [0.5, 0.6) is 0 Å². The van der Waals surface area contributed by atoms with Crippen LogP contribution in [0, 0.1) is 5.92 Å². The maximum atomic E-state index is 12.0. The number of nitrogens with one attached hydrogen (secondary N) is 2. The molecule has 1 amide bonds. The van der Waals surface area contributed by atoms with Crippen molar-refractivity contribution in [3.8, 4) is 0 Å². The Morgan fingerprint density at radius 1 is 1.26 bits per heavy atom. The van der Waals surface area contributed by atoms with E-state index in [2.05, 4.69) is 10.6 Å². The van der Waals surface area contributed by atoms with E-state index in [9.17, 15) is 9.59 Å². The normalized spacial score (nSPS) is 35.0. The second kappa shape index (κ2) is 6.34. The van der Waals surface area contributed by atoms with E-state index in [1.165, 1.54) is 0 Å². The van der Waals surface area contributed by atoms with E-state index in [4.69, 9.17) is 9.84 Å². The van der Waals surface area contributed by atoms with Crippen molar-refractivity contribution >= 4 is 11.9 Å².